The van der Waals surface area contributed by atoms with E-state index in [4.69, 9.17) is 18.9 Å². The molecule has 1 unspecified atom stereocenters. The molecule has 4 rings (SSSR count). The van der Waals surface area contributed by atoms with Gasteiger partial charge in [0.25, 0.3) is 11.8 Å². The van der Waals surface area contributed by atoms with Crippen LogP contribution >= 0.6 is 11.8 Å². The summed E-state index contributed by atoms with van der Waals surface area (Å²) in [6.07, 6.45) is 1.51. The van der Waals surface area contributed by atoms with E-state index in [9.17, 15) is 19.2 Å². The number of carbonyl (C=O) groups excluding carboxylic acids is 4. The Hall–Kier alpha value is -5.75. The molecule has 0 saturated carbocycles. The Labute approximate surface area is 289 Å². The number of hydrogen-bond donors (Lipinski definition) is 3. The monoisotopic (exact) mass is 683 g/mol. The van der Waals surface area contributed by atoms with E-state index in [-0.39, 0.29) is 18.2 Å². The highest BCUT2D eigenvalue weighted by atomic mass is 32.2. The molecule has 0 bridgehead atoms. The molecule has 12 heteroatoms. The molecule has 49 heavy (non-hydrogen) atoms. The SMILES string of the molecule is CCOC(=O)c1ccc(NC(=O)C(C)Sc2ccc(NC(=O)/C(=C/c3cc(OC)c(OC)c(OC)c3)NC(=O)c3ccccc3)cc2)cc1. The maximum Gasteiger partial charge on any atom is 0.338 e. The molecular weight excluding hydrogens is 646 g/mol. The molecule has 0 aliphatic carbocycles. The number of rotatable bonds is 14. The number of methoxy groups -OCH3 is 3. The Balaban J connectivity index is 1.47. The largest absolute Gasteiger partial charge is 0.493 e. The molecule has 11 nitrogen and oxygen atoms in total. The minimum atomic E-state index is -0.569. The second kappa shape index (κ2) is 17.4. The Bertz CT molecular complexity index is 1790. The predicted octanol–water partition coefficient (Wildman–Crippen LogP) is 6.42. The van der Waals surface area contributed by atoms with Crippen molar-refractivity contribution in [1.82, 2.24) is 5.32 Å². The van der Waals surface area contributed by atoms with Gasteiger partial charge in [0.2, 0.25) is 11.7 Å². The van der Waals surface area contributed by atoms with E-state index in [1.807, 2.05) is 0 Å². The molecular formula is C37H37N3O8S. The third kappa shape index (κ3) is 9.88. The third-order valence-electron chi connectivity index (χ3n) is 6.98. The maximum atomic E-state index is 13.6. The molecule has 0 fully saturated rings. The first-order valence-corrected chi connectivity index (χ1v) is 16.1. The Kier molecular flexibility index (Phi) is 12.8. The van der Waals surface area contributed by atoms with Crippen molar-refractivity contribution >= 4 is 52.9 Å². The number of ether oxygens (including phenoxy) is 4. The number of thioether (sulfide) groups is 1. The van der Waals surface area contributed by atoms with Gasteiger partial charge in [0.15, 0.2) is 11.5 Å². The van der Waals surface area contributed by atoms with E-state index in [0.717, 1.165) is 4.90 Å². The van der Waals surface area contributed by atoms with Crippen LogP contribution in [-0.2, 0) is 14.3 Å². The molecule has 3 N–H and O–H groups in total. The van der Waals surface area contributed by atoms with E-state index in [1.165, 1.54) is 39.2 Å². The molecule has 0 aliphatic heterocycles. The van der Waals surface area contributed by atoms with E-state index in [2.05, 4.69) is 16.0 Å². The summed E-state index contributed by atoms with van der Waals surface area (Å²) in [5, 5.41) is 7.93. The summed E-state index contributed by atoms with van der Waals surface area (Å²) in [5.41, 5.74) is 2.29. The van der Waals surface area contributed by atoms with Crippen molar-refractivity contribution in [2.75, 3.05) is 38.6 Å². The summed E-state index contributed by atoms with van der Waals surface area (Å²) < 4.78 is 21.3. The highest BCUT2D eigenvalue weighted by molar-refractivity contribution is 8.00. The van der Waals surface area contributed by atoms with Crippen LogP contribution in [0.3, 0.4) is 0 Å². The van der Waals surface area contributed by atoms with Gasteiger partial charge in [-0.2, -0.15) is 0 Å². The standard InChI is InChI=1S/C37H37N3O8S/c1-6-48-37(44)26-12-14-27(15-13-26)38-34(41)23(2)49-29-18-16-28(17-19-29)39-36(43)30(40-35(42)25-10-8-7-9-11-25)20-24-21-31(45-3)33(47-5)32(22-24)46-4/h7-23H,6H2,1-5H3,(H,38,41)(H,39,43)(H,40,42)/b30-20-. The minimum Gasteiger partial charge on any atom is -0.493 e. The summed E-state index contributed by atoms with van der Waals surface area (Å²) in [6, 6.07) is 25.3. The van der Waals surface area contributed by atoms with Gasteiger partial charge in [-0.05, 0) is 98.3 Å². The van der Waals surface area contributed by atoms with Crippen LogP contribution in [-0.4, -0.2) is 56.9 Å². The number of amides is 3. The summed E-state index contributed by atoms with van der Waals surface area (Å²) in [7, 11) is 4.46. The Morgan fingerprint density at radius 1 is 0.755 bits per heavy atom. The quantitative estimate of drug-likeness (QED) is 0.0780. The third-order valence-corrected chi connectivity index (χ3v) is 8.10. The van der Waals surface area contributed by atoms with Gasteiger partial charge in [-0.1, -0.05) is 18.2 Å². The van der Waals surface area contributed by atoms with Crippen molar-refractivity contribution in [1.29, 1.82) is 0 Å². The smallest absolute Gasteiger partial charge is 0.338 e. The lowest BCUT2D eigenvalue weighted by atomic mass is 10.1. The molecule has 1 atom stereocenters. The number of hydrogen-bond acceptors (Lipinski definition) is 9. The number of carbonyl (C=O) groups is 4. The zero-order valence-electron chi connectivity index (χ0n) is 27.7. The van der Waals surface area contributed by atoms with Crippen LogP contribution in [0.15, 0.2) is 102 Å². The van der Waals surface area contributed by atoms with E-state index in [0.29, 0.717) is 45.3 Å². The van der Waals surface area contributed by atoms with Gasteiger partial charge in [0.1, 0.15) is 5.70 Å². The van der Waals surface area contributed by atoms with Gasteiger partial charge in [-0.3, -0.25) is 14.4 Å². The van der Waals surface area contributed by atoms with Crippen LogP contribution in [0.2, 0.25) is 0 Å². The van der Waals surface area contributed by atoms with Crippen LogP contribution in [0, 0.1) is 0 Å². The van der Waals surface area contributed by atoms with Gasteiger partial charge < -0.3 is 34.9 Å². The van der Waals surface area contributed by atoms with Gasteiger partial charge in [0, 0.05) is 21.8 Å². The van der Waals surface area contributed by atoms with Crippen LogP contribution in [0.1, 0.15) is 40.1 Å². The first-order chi connectivity index (χ1) is 23.6. The molecule has 0 spiro atoms. The van der Waals surface area contributed by atoms with Gasteiger partial charge in [-0.25, -0.2) is 4.79 Å². The molecule has 0 saturated heterocycles. The van der Waals surface area contributed by atoms with Crippen molar-refractivity contribution in [3.63, 3.8) is 0 Å². The zero-order chi connectivity index (χ0) is 35.3. The molecule has 0 aliphatic rings. The molecule has 4 aromatic carbocycles. The average Bonchev–Trinajstić information content (AvgIpc) is 3.12. The molecule has 0 heterocycles. The first kappa shape index (κ1) is 36.1. The fourth-order valence-electron chi connectivity index (χ4n) is 4.51. The van der Waals surface area contributed by atoms with E-state index in [1.54, 1.807) is 105 Å². The van der Waals surface area contributed by atoms with Crippen LogP contribution < -0.4 is 30.2 Å². The molecule has 0 radical (unpaired) electrons. The Morgan fingerprint density at radius 3 is 1.92 bits per heavy atom. The highest BCUT2D eigenvalue weighted by Crippen LogP contribution is 2.38. The van der Waals surface area contributed by atoms with E-state index < -0.39 is 23.0 Å². The van der Waals surface area contributed by atoms with Gasteiger partial charge >= 0.3 is 5.97 Å². The first-order valence-electron chi connectivity index (χ1n) is 15.2. The highest BCUT2D eigenvalue weighted by Gasteiger charge is 2.19. The van der Waals surface area contributed by atoms with Crippen molar-refractivity contribution in [3.05, 3.63) is 113 Å². The molecule has 254 valence electrons. The molecule has 4 aromatic rings. The fourth-order valence-corrected chi connectivity index (χ4v) is 5.38. The summed E-state index contributed by atoms with van der Waals surface area (Å²) in [6.45, 7) is 3.79. The van der Waals surface area contributed by atoms with Crippen molar-refractivity contribution in [2.24, 2.45) is 0 Å². The summed E-state index contributed by atoms with van der Waals surface area (Å²) >= 11 is 1.34. The number of benzene rings is 4. The van der Waals surface area contributed by atoms with Crippen molar-refractivity contribution in [3.8, 4) is 17.2 Å². The second-order valence-corrected chi connectivity index (χ2v) is 11.8. The zero-order valence-corrected chi connectivity index (χ0v) is 28.5. The minimum absolute atomic E-state index is 0.0258. The van der Waals surface area contributed by atoms with Gasteiger partial charge in [0.05, 0.1) is 38.7 Å². The van der Waals surface area contributed by atoms with Crippen molar-refractivity contribution in [2.45, 2.75) is 24.0 Å². The number of anilines is 2. The maximum absolute atomic E-state index is 13.6. The average molecular weight is 684 g/mol. The topological polar surface area (TPSA) is 141 Å². The second-order valence-electron chi connectivity index (χ2n) is 10.4. The predicted molar refractivity (Wildman–Crippen MR) is 189 cm³/mol. The molecule has 0 aromatic heterocycles. The number of esters is 1. The van der Waals surface area contributed by atoms with Gasteiger partial charge in [-0.15, -0.1) is 11.8 Å². The summed E-state index contributed by atoms with van der Waals surface area (Å²) in [5.74, 6) is -0.538. The van der Waals surface area contributed by atoms with Crippen LogP contribution in [0.4, 0.5) is 11.4 Å². The van der Waals surface area contributed by atoms with Crippen molar-refractivity contribution < 1.29 is 38.1 Å². The van der Waals surface area contributed by atoms with Crippen LogP contribution in [0.25, 0.3) is 6.08 Å². The fraction of sp³-hybridized carbons (Fsp3) is 0.189. The van der Waals surface area contributed by atoms with E-state index >= 15 is 0 Å². The lowest BCUT2D eigenvalue weighted by Crippen LogP contribution is -2.30. The Morgan fingerprint density at radius 2 is 1.35 bits per heavy atom. The summed E-state index contributed by atoms with van der Waals surface area (Å²) in [4.78, 5) is 52.1. The lowest BCUT2D eigenvalue weighted by Gasteiger charge is -2.15. The number of nitrogens with one attached hydrogen (secondary N) is 3. The normalized spacial score (nSPS) is 11.5. The van der Waals surface area contributed by atoms with Crippen LogP contribution in [0.5, 0.6) is 17.2 Å². The lowest BCUT2D eigenvalue weighted by molar-refractivity contribution is -0.115. The molecule has 3 amide bonds.